The predicted octanol–water partition coefficient (Wildman–Crippen LogP) is 6.64. The number of hydrogen-bond acceptors (Lipinski definition) is 3. The number of fused-ring (bicyclic) bond motifs is 4. The average molecular weight is 639 g/mol. The van der Waals surface area contributed by atoms with Gasteiger partial charge in [0.15, 0.2) is 24.3 Å². The Morgan fingerprint density at radius 2 is 1.70 bits per heavy atom. The van der Waals surface area contributed by atoms with Gasteiger partial charge in [0.25, 0.3) is 0 Å². The summed E-state index contributed by atoms with van der Waals surface area (Å²) in [7, 11) is 0. The molecule has 2 fully saturated rings. The molecule has 0 aliphatic heterocycles. The monoisotopic (exact) mass is 638 g/mol. The van der Waals surface area contributed by atoms with Crippen LogP contribution < -0.4 is 10.6 Å². The maximum absolute atomic E-state index is 17.2. The van der Waals surface area contributed by atoms with Crippen molar-refractivity contribution in [3.05, 3.63) is 88.5 Å². The third kappa shape index (κ3) is 4.95. The molecular formula is C36H35F5N2O3. The highest BCUT2D eigenvalue weighted by molar-refractivity contribution is 5.98. The van der Waals surface area contributed by atoms with Crippen LogP contribution in [-0.2, 0) is 4.79 Å². The van der Waals surface area contributed by atoms with Crippen molar-refractivity contribution in [3.8, 4) is 11.8 Å². The lowest BCUT2D eigenvalue weighted by Gasteiger charge is -2.57. The van der Waals surface area contributed by atoms with E-state index >= 15 is 17.6 Å². The first-order chi connectivity index (χ1) is 21.9. The Bertz CT molecular complexity index is 1650. The first kappa shape index (κ1) is 32.0. The van der Waals surface area contributed by atoms with Crippen molar-refractivity contribution >= 4 is 17.5 Å². The number of alkyl halides is 5. The fourth-order valence-electron chi connectivity index (χ4n) is 8.31. The van der Waals surface area contributed by atoms with E-state index in [1.165, 1.54) is 0 Å². The van der Waals surface area contributed by atoms with Crippen LogP contribution in [0.3, 0.4) is 0 Å². The number of aliphatic hydroxyl groups is 1. The Balaban J connectivity index is 1.35. The molecule has 6 rings (SSSR count). The zero-order chi connectivity index (χ0) is 33.0. The molecule has 0 radical (unpaired) electrons. The van der Waals surface area contributed by atoms with Gasteiger partial charge in [-0.25, -0.2) is 26.7 Å². The van der Waals surface area contributed by atoms with E-state index in [1.54, 1.807) is 62.4 Å². The van der Waals surface area contributed by atoms with E-state index in [4.69, 9.17) is 0 Å². The van der Waals surface area contributed by atoms with Crippen LogP contribution in [0.2, 0.25) is 0 Å². The van der Waals surface area contributed by atoms with Gasteiger partial charge in [-0.2, -0.15) is 0 Å². The summed E-state index contributed by atoms with van der Waals surface area (Å²) in [6.45, 7) is 3.29. The molecule has 0 bridgehead atoms. The van der Waals surface area contributed by atoms with Crippen molar-refractivity contribution in [2.45, 2.75) is 75.5 Å². The zero-order valence-corrected chi connectivity index (χ0v) is 25.4. The number of carbonyl (C=O) groups excluding carboxylic acids is 2. The number of ketones is 1. The molecule has 4 aliphatic rings. The second-order valence-electron chi connectivity index (χ2n) is 12.8. The second kappa shape index (κ2) is 12.0. The molecule has 10 atom stereocenters. The van der Waals surface area contributed by atoms with Crippen LogP contribution in [0.1, 0.15) is 50.2 Å². The Morgan fingerprint density at radius 3 is 2.37 bits per heavy atom. The number of carbonyl (C=O) groups is 2. The molecule has 2 aromatic rings. The summed E-state index contributed by atoms with van der Waals surface area (Å²) in [4.78, 5) is 24.3. The van der Waals surface area contributed by atoms with Crippen LogP contribution in [-0.4, -0.2) is 59.9 Å². The number of amides is 2. The van der Waals surface area contributed by atoms with E-state index in [0.29, 0.717) is 22.9 Å². The molecule has 2 amide bonds. The Kier molecular flexibility index (Phi) is 8.34. The number of anilines is 1. The molecule has 5 nitrogen and oxygen atoms in total. The lowest BCUT2D eigenvalue weighted by atomic mass is 9.49. The summed E-state index contributed by atoms with van der Waals surface area (Å²) < 4.78 is 79.6. The van der Waals surface area contributed by atoms with Crippen molar-refractivity contribution in [2.75, 3.05) is 11.9 Å². The summed E-state index contributed by atoms with van der Waals surface area (Å²) in [5, 5.41) is 17.0. The van der Waals surface area contributed by atoms with E-state index in [0.717, 1.165) is 0 Å². The number of allylic oxidation sites excluding steroid dienone is 4. The number of para-hydroxylation sites is 1. The minimum Gasteiger partial charge on any atom is -0.389 e. The smallest absolute Gasteiger partial charge is 0.319 e. The molecule has 0 heterocycles. The van der Waals surface area contributed by atoms with Gasteiger partial charge in [0.05, 0.1) is 12.1 Å². The van der Waals surface area contributed by atoms with Gasteiger partial charge in [-0.1, -0.05) is 56.0 Å². The van der Waals surface area contributed by atoms with E-state index < -0.39 is 82.6 Å². The van der Waals surface area contributed by atoms with Crippen molar-refractivity contribution in [2.24, 2.45) is 17.3 Å². The van der Waals surface area contributed by atoms with Crippen LogP contribution in [0.15, 0.2) is 77.4 Å². The summed E-state index contributed by atoms with van der Waals surface area (Å²) in [6, 6.07) is 14.7. The summed E-state index contributed by atoms with van der Waals surface area (Å²) in [5.41, 5.74) is -2.71. The first-order valence-electron chi connectivity index (χ1n) is 15.5. The quantitative estimate of drug-likeness (QED) is 0.260. The molecular weight excluding hydrogens is 603 g/mol. The second-order valence-corrected chi connectivity index (χ2v) is 12.8. The maximum Gasteiger partial charge on any atom is 0.319 e. The van der Waals surface area contributed by atoms with Gasteiger partial charge in [-0.15, -0.1) is 0 Å². The molecule has 2 aromatic carbocycles. The van der Waals surface area contributed by atoms with Crippen LogP contribution in [0.5, 0.6) is 0 Å². The lowest BCUT2D eigenvalue weighted by Crippen LogP contribution is -2.61. The van der Waals surface area contributed by atoms with Gasteiger partial charge in [0, 0.05) is 28.5 Å². The first-order valence-corrected chi connectivity index (χ1v) is 15.5. The largest absolute Gasteiger partial charge is 0.389 e. The summed E-state index contributed by atoms with van der Waals surface area (Å²) in [5.74, 6) is 0.907. The van der Waals surface area contributed by atoms with E-state index in [1.807, 2.05) is 6.07 Å². The molecule has 0 saturated heterocycles. The van der Waals surface area contributed by atoms with Crippen LogP contribution in [0.25, 0.3) is 0 Å². The third-order valence-corrected chi connectivity index (χ3v) is 10.7. The number of halogens is 5. The molecule has 0 spiro atoms. The minimum absolute atomic E-state index is 0.0290. The van der Waals surface area contributed by atoms with E-state index in [-0.39, 0.29) is 31.4 Å². The normalized spacial score (nSPS) is 36.4. The number of rotatable bonds is 4. The van der Waals surface area contributed by atoms with Gasteiger partial charge in [0.1, 0.15) is 12.3 Å². The molecule has 46 heavy (non-hydrogen) atoms. The SMILES string of the molecule is CC[C@]1(O)CC[C@H]2[C@H]3C(=C4C(=CC(=O)C(F)C4F)C(F)C3F)[C@@H](c3ccc(C#CCNC(=O)Nc4ccccc4)cc3)C(F)[C@@]21C. The lowest BCUT2D eigenvalue weighted by molar-refractivity contribution is -0.143. The van der Waals surface area contributed by atoms with Crippen LogP contribution in [0, 0.1) is 29.1 Å². The van der Waals surface area contributed by atoms with E-state index in [9.17, 15) is 19.1 Å². The number of urea groups is 1. The molecule has 5 unspecified atom stereocenters. The van der Waals surface area contributed by atoms with Crippen molar-refractivity contribution in [3.63, 3.8) is 0 Å². The molecule has 10 heteroatoms. The Hall–Kier alpha value is -3.97. The van der Waals surface area contributed by atoms with Gasteiger partial charge in [-0.05, 0) is 77.8 Å². The molecule has 3 N–H and O–H groups in total. The standard InChI is InChI=1S/C36H35F5N2O3/c1-3-36(46)16-15-23-27-28(26-22(29(37)32(27)40)18-24(44)30(38)31(26)39)25(33(41)35(23,36)2)20-13-11-19(12-14-20)8-7-17-42-34(45)43-21-9-5-4-6-10-21/h4-6,9-14,18,23,25,27,29-33,46H,3,15-17H2,1-2H3,(H2,42,43,45)/t23-,25+,27-,29?,30?,31?,32?,33?,35+,36-/m0/s1. The Labute approximate surface area is 264 Å². The molecule has 2 saturated carbocycles. The van der Waals surface area contributed by atoms with Gasteiger partial charge in [0.2, 0.25) is 0 Å². The zero-order valence-electron chi connectivity index (χ0n) is 25.4. The number of hydrogen-bond donors (Lipinski definition) is 3. The molecule has 4 aliphatic carbocycles. The summed E-state index contributed by atoms with van der Waals surface area (Å²) >= 11 is 0. The Morgan fingerprint density at radius 1 is 1.00 bits per heavy atom. The summed E-state index contributed by atoms with van der Waals surface area (Å²) in [6.07, 6.45) is -10.5. The third-order valence-electron chi connectivity index (χ3n) is 10.7. The van der Waals surface area contributed by atoms with Crippen LogP contribution >= 0.6 is 0 Å². The fourth-order valence-corrected chi connectivity index (χ4v) is 8.31. The van der Waals surface area contributed by atoms with Crippen molar-refractivity contribution < 1.29 is 36.6 Å². The maximum atomic E-state index is 17.2. The van der Waals surface area contributed by atoms with Crippen molar-refractivity contribution in [1.29, 1.82) is 0 Å². The number of nitrogens with one attached hydrogen (secondary N) is 2. The average Bonchev–Trinajstić information content (AvgIpc) is 3.33. The fraction of sp³-hybridized carbons (Fsp3) is 0.444. The highest BCUT2D eigenvalue weighted by Gasteiger charge is 2.70. The van der Waals surface area contributed by atoms with Crippen molar-refractivity contribution in [1.82, 2.24) is 5.32 Å². The predicted molar refractivity (Wildman–Crippen MR) is 164 cm³/mol. The van der Waals surface area contributed by atoms with Crippen LogP contribution in [0.4, 0.5) is 32.4 Å². The minimum atomic E-state index is -2.61. The highest BCUT2D eigenvalue weighted by atomic mass is 19.2. The van der Waals surface area contributed by atoms with E-state index in [2.05, 4.69) is 22.5 Å². The van der Waals surface area contributed by atoms with Gasteiger partial charge < -0.3 is 15.7 Å². The topological polar surface area (TPSA) is 78.4 Å². The molecule has 242 valence electrons. The van der Waals surface area contributed by atoms with Gasteiger partial charge >= 0.3 is 6.03 Å². The molecule has 0 aromatic heterocycles. The van der Waals surface area contributed by atoms with Gasteiger partial charge in [-0.3, -0.25) is 4.79 Å². The number of benzene rings is 2. The highest BCUT2D eigenvalue weighted by Crippen LogP contribution is 2.68.